The summed E-state index contributed by atoms with van der Waals surface area (Å²) < 4.78 is 5.14. The number of nitrogens with zero attached hydrogens (tertiary/aromatic N) is 3. The predicted molar refractivity (Wildman–Crippen MR) is 90.0 cm³/mol. The lowest BCUT2D eigenvalue weighted by molar-refractivity contribution is -0.383. The number of anilines is 1. The van der Waals surface area contributed by atoms with Crippen molar-refractivity contribution >= 4 is 28.1 Å². The zero-order valence-electron chi connectivity index (χ0n) is 13.5. The van der Waals surface area contributed by atoms with Gasteiger partial charge in [0, 0.05) is 42.6 Å². The maximum absolute atomic E-state index is 12.0. The van der Waals surface area contributed by atoms with Crippen LogP contribution in [-0.2, 0) is 9.53 Å². The van der Waals surface area contributed by atoms with Gasteiger partial charge in [-0.15, -0.1) is 0 Å². The SMILES string of the molecule is CCOC(=O)C1CCCN(c2ccc([N+](=O)[O-])c3cnccc23)C1. The van der Waals surface area contributed by atoms with Crippen LogP contribution in [0, 0.1) is 16.0 Å². The minimum atomic E-state index is -0.397. The van der Waals surface area contributed by atoms with Crippen molar-refractivity contribution in [2.75, 3.05) is 24.6 Å². The normalized spacial score (nSPS) is 17.7. The molecular formula is C17H19N3O4. The summed E-state index contributed by atoms with van der Waals surface area (Å²) in [5.74, 6) is -0.333. The lowest BCUT2D eigenvalue weighted by Gasteiger charge is -2.33. The Morgan fingerprint density at radius 1 is 1.42 bits per heavy atom. The molecule has 1 unspecified atom stereocenters. The number of carbonyl (C=O) groups excluding carboxylic acids is 1. The Hall–Kier alpha value is -2.70. The lowest BCUT2D eigenvalue weighted by atomic mass is 9.96. The molecule has 0 saturated carbocycles. The van der Waals surface area contributed by atoms with Gasteiger partial charge in [-0.05, 0) is 31.9 Å². The second kappa shape index (κ2) is 6.82. The highest BCUT2D eigenvalue weighted by molar-refractivity contribution is 5.99. The molecule has 1 fully saturated rings. The van der Waals surface area contributed by atoms with Crippen LogP contribution in [-0.4, -0.2) is 35.6 Å². The van der Waals surface area contributed by atoms with Crippen LogP contribution in [0.25, 0.3) is 10.8 Å². The number of hydrogen-bond donors (Lipinski definition) is 0. The monoisotopic (exact) mass is 329 g/mol. The Labute approximate surface area is 139 Å². The number of pyridine rings is 1. The molecule has 0 spiro atoms. The molecular weight excluding hydrogens is 310 g/mol. The summed E-state index contributed by atoms with van der Waals surface area (Å²) in [6.45, 7) is 3.55. The predicted octanol–water partition coefficient (Wildman–Crippen LogP) is 2.92. The standard InChI is InChI=1S/C17H19N3O4/c1-2-24-17(21)12-4-3-9-19(11-12)15-5-6-16(20(22)23)14-10-18-8-7-13(14)15/h5-8,10,12H,2-4,9,11H2,1H3. The van der Waals surface area contributed by atoms with Crippen molar-refractivity contribution in [3.63, 3.8) is 0 Å². The molecule has 0 N–H and O–H groups in total. The van der Waals surface area contributed by atoms with Gasteiger partial charge in [-0.1, -0.05) is 0 Å². The number of esters is 1. The van der Waals surface area contributed by atoms with Gasteiger partial charge in [-0.3, -0.25) is 19.9 Å². The van der Waals surface area contributed by atoms with E-state index < -0.39 is 4.92 Å². The molecule has 0 bridgehead atoms. The molecule has 7 nitrogen and oxygen atoms in total. The van der Waals surface area contributed by atoms with Gasteiger partial charge in [0.1, 0.15) is 0 Å². The molecule has 0 aliphatic carbocycles. The number of nitro groups is 1. The smallest absolute Gasteiger partial charge is 0.310 e. The molecule has 126 valence electrons. The van der Waals surface area contributed by atoms with Gasteiger partial charge in [0.25, 0.3) is 5.69 Å². The number of non-ortho nitro benzene ring substituents is 1. The van der Waals surface area contributed by atoms with Crippen molar-refractivity contribution in [1.82, 2.24) is 4.98 Å². The van der Waals surface area contributed by atoms with Crippen LogP contribution in [0.2, 0.25) is 0 Å². The first kappa shape index (κ1) is 16.2. The highest BCUT2D eigenvalue weighted by Gasteiger charge is 2.28. The van der Waals surface area contributed by atoms with E-state index in [2.05, 4.69) is 9.88 Å². The van der Waals surface area contributed by atoms with E-state index in [1.54, 1.807) is 25.3 Å². The largest absolute Gasteiger partial charge is 0.466 e. The molecule has 1 aromatic heterocycles. The molecule has 1 aliphatic heterocycles. The van der Waals surface area contributed by atoms with Crippen LogP contribution in [0.5, 0.6) is 0 Å². The van der Waals surface area contributed by atoms with Gasteiger partial charge in [0.05, 0.1) is 22.8 Å². The van der Waals surface area contributed by atoms with E-state index in [-0.39, 0.29) is 17.6 Å². The maximum atomic E-state index is 12.0. The van der Waals surface area contributed by atoms with Crippen LogP contribution < -0.4 is 4.90 Å². The molecule has 3 rings (SSSR count). The minimum absolute atomic E-state index is 0.0424. The van der Waals surface area contributed by atoms with Gasteiger partial charge in [-0.25, -0.2) is 0 Å². The van der Waals surface area contributed by atoms with Crippen LogP contribution in [0.15, 0.2) is 30.6 Å². The molecule has 1 saturated heterocycles. The van der Waals surface area contributed by atoms with Crippen molar-refractivity contribution in [3.05, 3.63) is 40.7 Å². The Morgan fingerprint density at radius 2 is 2.25 bits per heavy atom. The number of aromatic nitrogens is 1. The van der Waals surface area contributed by atoms with E-state index >= 15 is 0 Å². The average molecular weight is 329 g/mol. The lowest BCUT2D eigenvalue weighted by Crippen LogP contribution is -2.39. The summed E-state index contributed by atoms with van der Waals surface area (Å²) in [6.07, 6.45) is 4.83. The molecule has 1 atom stereocenters. The fourth-order valence-electron chi connectivity index (χ4n) is 3.24. The number of ether oxygens (including phenoxy) is 1. The number of benzene rings is 1. The van der Waals surface area contributed by atoms with Crippen LogP contribution >= 0.6 is 0 Å². The summed E-state index contributed by atoms with van der Waals surface area (Å²) in [6, 6.07) is 5.05. The van der Waals surface area contributed by atoms with E-state index in [0.717, 1.165) is 30.5 Å². The number of hydrogen-bond acceptors (Lipinski definition) is 6. The molecule has 1 aliphatic rings. The van der Waals surface area contributed by atoms with E-state index in [4.69, 9.17) is 4.74 Å². The minimum Gasteiger partial charge on any atom is -0.466 e. The van der Waals surface area contributed by atoms with Gasteiger partial charge < -0.3 is 9.64 Å². The van der Waals surface area contributed by atoms with E-state index in [0.29, 0.717) is 18.5 Å². The fourth-order valence-corrected chi connectivity index (χ4v) is 3.24. The first-order valence-electron chi connectivity index (χ1n) is 8.04. The third-order valence-electron chi connectivity index (χ3n) is 4.35. The molecule has 24 heavy (non-hydrogen) atoms. The highest BCUT2D eigenvalue weighted by atomic mass is 16.6. The molecule has 7 heteroatoms. The number of carbonyl (C=O) groups is 1. The Balaban J connectivity index is 1.96. The molecule has 0 amide bonds. The second-order valence-corrected chi connectivity index (χ2v) is 5.82. The summed E-state index contributed by atoms with van der Waals surface area (Å²) in [5.41, 5.74) is 0.938. The van der Waals surface area contributed by atoms with E-state index in [9.17, 15) is 14.9 Å². The van der Waals surface area contributed by atoms with E-state index in [1.807, 2.05) is 0 Å². The van der Waals surface area contributed by atoms with Crippen molar-refractivity contribution in [2.45, 2.75) is 19.8 Å². The van der Waals surface area contributed by atoms with Crippen molar-refractivity contribution in [1.29, 1.82) is 0 Å². The Morgan fingerprint density at radius 3 is 3.00 bits per heavy atom. The molecule has 1 aromatic carbocycles. The highest BCUT2D eigenvalue weighted by Crippen LogP contribution is 2.35. The van der Waals surface area contributed by atoms with E-state index in [1.165, 1.54) is 12.3 Å². The fraction of sp³-hybridized carbons (Fsp3) is 0.412. The summed E-state index contributed by atoms with van der Waals surface area (Å²) >= 11 is 0. The maximum Gasteiger partial charge on any atom is 0.310 e. The van der Waals surface area contributed by atoms with Gasteiger partial charge in [-0.2, -0.15) is 0 Å². The third-order valence-corrected chi connectivity index (χ3v) is 4.35. The van der Waals surface area contributed by atoms with Crippen LogP contribution in [0.3, 0.4) is 0 Å². The number of piperidine rings is 1. The third kappa shape index (κ3) is 3.02. The van der Waals surface area contributed by atoms with Crippen LogP contribution in [0.4, 0.5) is 11.4 Å². The zero-order chi connectivity index (χ0) is 17.1. The molecule has 2 aromatic rings. The average Bonchev–Trinajstić information content (AvgIpc) is 2.61. The Bertz CT molecular complexity index is 778. The van der Waals surface area contributed by atoms with Crippen molar-refractivity contribution in [3.8, 4) is 0 Å². The zero-order valence-corrected chi connectivity index (χ0v) is 13.5. The summed E-state index contributed by atoms with van der Waals surface area (Å²) in [4.78, 5) is 29.0. The number of nitro benzene ring substituents is 1. The van der Waals surface area contributed by atoms with Crippen LogP contribution in [0.1, 0.15) is 19.8 Å². The quantitative estimate of drug-likeness (QED) is 0.487. The molecule has 2 heterocycles. The van der Waals surface area contributed by atoms with Gasteiger partial charge in [0.15, 0.2) is 0 Å². The van der Waals surface area contributed by atoms with Crippen molar-refractivity contribution in [2.24, 2.45) is 5.92 Å². The summed E-state index contributed by atoms with van der Waals surface area (Å²) in [7, 11) is 0. The second-order valence-electron chi connectivity index (χ2n) is 5.82. The molecule has 0 radical (unpaired) electrons. The number of fused-ring (bicyclic) bond motifs is 1. The topological polar surface area (TPSA) is 85.6 Å². The summed E-state index contributed by atoms with van der Waals surface area (Å²) in [5, 5.41) is 12.5. The van der Waals surface area contributed by atoms with Gasteiger partial charge >= 0.3 is 5.97 Å². The van der Waals surface area contributed by atoms with Crippen molar-refractivity contribution < 1.29 is 14.5 Å². The number of rotatable bonds is 4. The first-order chi connectivity index (χ1) is 11.6. The Kier molecular flexibility index (Phi) is 4.59. The first-order valence-corrected chi connectivity index (χ1v) is 8.04. The van der Waals surface area contributed by atoms with Gasteiger partial charge in [0.2, 0.25) is 0 Å².